The molecule has 0 bridgehead atoms. The second kappa shape index (κ2) is 7.37. The van der Waals surface area contributed by atoms with Crippen LogP contribution < -0.4 is 10.6 Å². The van der Waals surface area contributed by atoms with Gasteiger partial charge in [0.05, 0.1) is 16.3 Å². The first kappa shape index (κ1) is 17.8. The molecule has 2 heterocycles. The number of amides is 1. The molecule has 1 aromatic heterocycles. The normalized spacial score (nSPS) is 13.7. The smallest absolute Gasteiger partial charge is 0.273 e. The van der Waals surface area contributed by atoms with E-state index in [1.807, 2.05) is 0 Å². The number of carbonyl (C=O) groups is 1. The van der Waals surface area contributed by atoms with Gasteiger partial charge in [-0.2, -0.15) is 0 Å². The predicted octanol–water partition coefficient (Wildman–Crippen LogP) is 0.855. The number of nitro groups is 1. The highest BCUT2D eigenvalue weighted by molar-refractivity contribution is 5.93. The van der Waals surface area contributed by atoms with Gasteiger partial charge in [-0.05, 0) is 13.0 Å². The van der Waals surface area contributed by atoms with Crippen LogP contribution in [-0.2, 0) is 0 Å². The fourth-order valence-electron chi connectivity index (χ4n) is 2.34. The van der Waals surface area contributed by atoms with E-state index in [0.717, 1.165) is 13.1 Å². The molecule has 0 spiro atoms. The Morgan fingerprint density at radius 2 is 2.25 bits per heavy atom. The van der Waals surface area contributed by atoms with Crippen LogP contribution in [0.15, 0.2) is 24.3 Å². The van der Waals surface area contributed by atoms with Gasteiger partial charge in [-0.25, -0.2) is 4.68 Å². The van der Waals surface area contributed by atoms with Gasteiger partial charge in [0.25, 0.3) is 11.6 Å². The van der Waals surface area contributed by atoms with Crippen LogP contribution in [0, 0.1) is 23.0 Å². The molecule has 0 unspecified atom stereocenters. The molecule has 1 aromatic carbocycles. The van der Waals surface area contributed by atoms with Crippen molar-refractivity contribution >= 4 is 24.0 Å². The van der Waals surface area contributed by atoms with Crippen molar-refractivity contribution in [3.63, 3.8) is 0 Å². The number of nitrogens with zero attached hydrogens (tertiary/aromatic N) is 4. The van der Waals surface area contributed by atoms with Gasteiger partial charge in [0.15, 0.2) is 5.69 Å². The van der Waals surface area contributed by atoms with Gasteiger partial charge in [-0.1, -0.05) is 11.3 Å². The summed E-state index contributed by atoms with van der Waals surface area (Å²) in [6.07, 6.45) is 0. The number of nitro benzene ring substituents is 1. The quantitative estimate of drug-likeness (QED) is 0.609. The highest BCUT2D eigenvalue weighted by Crippen LogP contribution is 2.18. The Morgan fingerprint density at radius 1 is 1.50 bits per heavy atom. The van der Waals surface area contributed by atoms with Crippen LogP contribution in [0.5, 0.6) is 0 Å². The number of rotatable bonds is 5. The lowest BCUT2D eigenvalue weighted by Crippen LogP contribution is -2.48. The van der Waals surface area contributed by atoms with E-state index >= 15 is 0 Å². The first-order valence-corrected chi connectivity index (χ1v) is 7.22. The molecule has 0 atom stereocenters. The largest absolute Gasteiger partial charge is 0.350 e. The number of hydrogen-bond donors (Lipinski definition) is 2. The molecule has 2 N–H and O–H groups in total. The summed E-state index contributed by atoms with van der Waals surface area (Å²) in [5.41, 5.74) is 1.21. The number of carbonyl (C=O) groups excluding carboxylic acids is 1. The molecular formula is C14H17ClN6O3. The van der Waals surface area contributed by atoms with Crippen LogP contribution in [0.3, 0.4) is 0 Å². The second-order valence-corrected chi connectivity index (χ2v) is 5.45. The molecule has 0 radical (unpaired) electrons. The molecule has 10 heteroatoms. The maximum atomic E-state index is 12.2. The minimum Gasteiger partial charge on any atom is -0.350 e. The number of aromatic nitrogens is 3. The van der Waals surface area contributed by atoms with Gasteiger partial charge in [0.1, 0.15) is 0 Å². The van der Waals surface area contributed by atoms with Gasteiger partial charge in [-0.3, -0.25) is 14.9 Å². The Hall–Kier alpha value is -2.52. The van der Waals surface area contributed by atoms with Crippen molar-refractivity contribution in [1.29, 1.82) is 0 Å². The summed E-state index contributed by atoms with van der Waals surface area (Å²) in [5.74, 6) is 0.164. The molecule has 2 aromatic rings. The molecule has 0 aliphatic carbocycles. The monoisotopic (exact) mass is 352 g/mol. The molecule has 1 aliphatic heterocycles. The zero-order valence-electron chi connectivity index (χ0n) is 12.9. The maximum absolute atomic E-state index is 12.2. The average molecular weight is 353 g/mol. The molecule has 0 saturated carbocycles. The SMILES string of the molecule is Cc1c(C(=O)NCC2CNC2)nnn1-c1cccc([N+](=O)[O-])c1.Cl. The second-order valence-electron chi connectivity index (χ2n) is 5.45. The zero-order chi connectivity index (χ0) is 16.4. The topological polar surface area (TPSA) is 115 Å². The van der Waals surface area contributed by atoms with Crippen molar-refractivity contribution in [2.75, 3.05) is 19.6 Å². The van der Waals surface area contributed by atoms with Gasteiger partial charge >= 0.3 is 0 Å². The third-order valence-electron chi connectivity index (χ3n) is 3.81. The fraction of sp³-hybridized carbons (Fsp3) is 0.357. The van der Waals surface area contributed by atoms with E-state index < -0.39 is 4.92 Å². The number of nitrogens with one attached hydrogen (secondary N) is 2. The number of non-ortho nitro benzene ring substituents is 1. The van der Waals surface area contributed by atoms with Crippen LogP contribution in [0.25, 0.3) is 5.69 Å². The van der Waals surface area contributed by atoms with Crippen LogP contribution in [-0.4, -0.2) is 45.5 Å². The van der Waals surface area contributed by atoms with E-state index in [1.54, 1.807) is 19.1 Å². The molecule has 1 saturated heterocycles. The summed E-state index contributed by atoms with van der Waals surface area (Å²) in [7, 11) is 0. The van der Waals surface area contributed by atoms with Crippen LogP contribution in [0.4, 0.5) is 5.69 Å². The van der Waals surface area contributed by atoms with Gasteiger partial charge < -0.3 is 10.6 Å². The maximum Gasteiger partial charge on any atom is 0.273 e. The molecule has 1 aliphatic rings. The third kappa shape index (κ3) is 3.52. The number of hydrogen-bond acceptors (Lipinski definition) is 6. The summed E-state index contributed by atoms with van der Waals surface area (Å²) >= 11 is 0. The molecule has 1 amide bonds. The zero-order valence-corrected chi connectivity index (χ0v) is 13.7. The molecular weight excluding hydrogens is 336 g/mol. The summed E-state index contributed by atoms with van der Waals surface area (Å²) in [5, 5.41) is 24.7. The Bertz CT molecular complexity index is 759. The van der Waals surface area contributed by atoms with E-state index in [2.05, 4.69) is 20.9 Å². The molecule has 9 nitrogen and oxygen atoms in total. The summed E-state index contributed by atoms with van der Waals surface area (Å²) < 4.78 is 1.42. The Balaban J connectivity index is 0.00000208. The van der Waals surface area contributed by atoms with Crippen molar-refractivity contribution in [3.05, 3.63) is 45.8 Å². The third-order valence-corrected chi connectivity index (χ3v) is 3.81. The average Bonchev–Trinajstić information content (AvgIpc) is 2.87. The molecule has 3 rings (SSSR count). The standard InChI is InChI=1S/C14H16N6O3.ClH/c1-9-13(14(21)16-8-10-6-15-7-10)17-18-19(9)11-3-2-4-12(5-11)20(22)23;/h2-5,10,15H,6-8H2,1H3,(H,16,21);1H. The first-order chi connectivity index (χ1) is 11.1. The van der Waals surface area contributed by atoms with Crippen molar-refractivity contribution < 1.29 is 9.72 Å². The van der Waals surface area contributed by atoms with Crippen molar-refractivity contribution in [3.8, 4) is 5.69 Å². The lowest BCUT2D eigenvalue weighted by Gasteiger charge is -2.26. The predicted molar refractivity (Wildman–Crippen MR) is 88.7 cm³/mol. The minimum absolute atomic E-state index is 0. The van der Waals surface area contributed by atoms with E-state index in [-0.39, 0.29) is 29.7 Å². The van der Waals surface area contributed by atoms with Crippen LogP contribution in [0.2, 0.25) is 0 Å². The van der Waals surface area contributed by atoms with Gasteiger partial charge in [0.2, 0.25) is 0 Å². The van der Waals surface area contributed by atoms with Crippen molar-refractivity contribution in [2.24, 2.45) is 5.92 Å². The highest BCUT2D eigenvalue weighted by Gasteiger charge is 2.21. The summed E-state index contributed by atoms with van der Waals surface area (Å²) in [6.45, 7) is 4.10. The summed E-state index contributed by atoms with van der Waals surface area (Å²) in [4.78, 5) is 22.6. The van der Waals surface area contributed by atoms with E-state index in [1.165, 1.54) is 16.8 Å². The lowest BCUT2D eigenvalue weighted by molar-refractivity contribution is -0.384. The Kier molecular flexibility index (Phi) is 5.47. The van der Waals surface area contributed by atoms with Crippen LogP contribution in [0.1, 0.15) is 16.2 Å². The van der Waals surface area contributed by atoms with Gasteiger partial charge in [0, 0.05) is 37.7 Å². The first-order valence-electron chi connectivity index (χ1n) is 7.22. The Morgan fingerprint density at radius 3 is 2.88 bits per heavy atom. The molecule has 128 valence electrons. The van der Waals surface area contributed by atoms with E-state index in [0.29, 0.717) is 23.8 Å². The highest BCUT2D eigenvalue weighted by atomic mass is 35.5. The van der Waals surface area contributed by atoms with Crippen molar-refractivity contribution in [2.45, 2.75) is 6.92 Å². The number of halogens is 1. The Labute approximate surface area is 144 Å². The molecule has 24 heavy (non-hydrogen) atoms. The number of benzene rings is 1. The molecule has 1 fully saturated rings. The van der Waals surface area contributed by atoms with Crippen LogP contribution >= 0.6 is 12.4 Å². The fourth-order valence-corrected chi connectivity index (χ4v) is 2.34. The minimum atomic E-state index is -0.476. The van der Waals surface area contributed by atoms with Gasteiger partial charge in [-0.15, -0.1) is 17.5 Å². The van der Waals surface area contributed by atoms with E-state index in [4.69, 9.17) is 0 Å². The summed E-state index contributed by atoms with van der Waals surface area (Å²) in [6, 6.07) is 6.04. The lowest BCUT2D eigenvalue weighted by atomic mass is 10.0. The van der Waals surface area contributed by atoms with E-state index in [9.17, 15) is 14.9 Å². The van der Waals surface area contributed by atoms with Crippen molar-refractivity contribution in [1.82, 2.24) is 25.6 Å².